The van der Waals surface area contributed by atoms with Crippen LogP contribution in [-0.2, 0) is 9.53 Å². The van der Waals surface area contributed by atoms with E-state index in [0.717, 1.165) is 5.69 Å². The van der Waals surface area contributed by atoms with Gasteiger partial charge >= 0.3 is 6.09 Å². The molecule has 0 saturated heterocycles. The molecule has 0 aliphatic carbocycles. The van der Waals surface area contributed by atoms with Gasteiger partial charge in [0.1, 0.15) is 12.1 Å². The number of ether oxygens (including phenoxy) is 1. The fraction of sp³-hybridized carbons (Fsp3) is 0.429. The Kier molecular flexibility index (Phi) is 5.37. The first-order valence-electron chi connectivity index (χ1n) is 6.35. The molecule has 110 valence electrons. The van der Waals surface area contributed by atoms with E-state index in [1.807, 2.05) is 18.2 Å². The summed E-state index contributed by atoms with van der Waals surface area (Å²) in [6, 6.07) is 7.30. The van der Waals surface area contributed by atoms with Crippen LogP contribution < -0.4 is 16.0 Å². The van der Waals surface area contributed by atoms with Crippen LogP contribution in [0.15, 0.2) is 24.3 Å². The van der Waals surface area contributed by atoms with Gasteiger partial charge in [0, 0.05) is 7.05 Å². The monoisotopic (exact) mass is 279 g/mol. The number of para-hydroxylation sites is 2. The highest BCUT2D eigenvalue weighted by atomic mass is 16.6. The molecular weight excluding hydrogens is 258 g/mol. The molecule has 1 aromatic carbocycles. The molecule has 1 aromatic rings. The largest absolute Gasteiger partial charge is 0.444 e. The average Bonchev–Trinajstić information content (AvgIpc) is 2.35. The smallest absolute Gasteiger partial charge is 0.408 e. The summed E-state index contributed by atoms with van der Waals surface area (Å²) >= 11 is 0. The minimum Gasteiger partial charge on any atom is -0.444 e. The Labute approximate surface area is 118 Å². The minimum absolute atomic E-state index is 0.146. The van der Waals surface area contributed by atoms with E-state index in [9.17, 15) is 9.59 Å². The molecule has 6 heteroatoms. The maximum absolute atomic E-state index is 11.7. The van der Waals surface area contributed by atoms with Crippen molar-refractivity contribution in [2.24, 2.45) is 0 Å². The molecule has 6 nitrogen and oxygen atoms in total. The van der Waals surface area contributed by atoms with Crippen molar-refractivity contribution in [1.29, 1.82) is 0 Å². The van der Waals surface area contributed by atoms with Crippen molar-refractivity contribution in [3.63, 3.8) is 0 Å². The van der Waals surface area contributed by atoms with Crippen molar-refractivity contribution in [2.45, 2.75) is 26.4 Å². The number of benzene rings is 1. The zero-order valence-electron chi connectivity index (χ0n) is 12.2. The molecule has 0 bridgehead atoms. The number of alkyl carbamates (subject to hydrolysis) is 1. The molecule has 3 N–H and O–H groups in total. The Morgan fingerprint density at radius 3 is 2.30 bits per heavy atom. The molecule has 0 unspecified atom stereocenters. The average molecular weight is 279 g/mol. The highest BCUT2D eigenvalue weighted by Crippen LogP contribution is 2.19. The molecular formula is C14H21N3O3. The summed E-state index contributed by atoms with van der Waals surface area (Å²) in [6.45, 7) is 5.13. The van der Waals surface area contributed by atoms with Gasteiger partial charge in [0.05, 0.1) is 11.4 Å². The molecule has 1 rings (SSSR count). The van der Waals surface area contributed by atoms with E-state index in [1.165, 1.54) is 0 Å². The van der Waals surface area contributed by atoms with Crippen LogP contribution in [0.25, 0.3) is 0 Å². The minimum atomic E-state index is -0.616. The van der Waals surface area contributed by atoms with Crippen LogP contribution in [-0.4, -0.2) is 31.2 Å². The lowest BCUT2D eigenvalue weighted by Gasteiger charge is -2.19. The van der Waals surface area contributed by atoms with Gasteiger partial charge < -0.3 is 20.7 Å². The highest BCUT2D eigenvalue weighted by molar-refractivity contribution is 5.96. The first-order chi connectivity index (χ1) is 9.31. The summed E-state index contributed by atoms with van der Waals surface area (Å²) in [5, 5.41) is 8.08. The van der Waals surface area contributed by atoms with Gasteiger partial charge in [0.2, 0.25) is 5.91 Å². The molecule has 0 radical (unpaired) electrons. The molecule has 0 aliphatic rings. The number of carbonyl (C=O) groups excluding carboxylic acids is 2. The Morgan fingerprint density at radius 1 is 1.15 bits per heavy atom. The van der Waals surface area contributed by atoms with Crippen molar-refractivity contribution in [3.8, 4) is 0 Å². The number of rotatable bonds is 4. The summed E-state index contributed by atoms with van der Waals surface area (Å²) in [5.74, 6) is -0.321. The fourth-order valence-corrected chi connectivity index (χ4v) is 1.47. The Hall–Kier alpha value is -2.24. The third-order valence-corrected chi connectivity index (χ3v) is 2.26. The standard InChI is InChI=1S/C14H21N3O3/c1-14(2,3)20-13(19)16-9-12(18)17-11-8-6-5-7-10(11)15-4/h5-8,15H,9H2,1-4H3,(H,16,19)(H,17,18). The van der Waals surface area contributed by atoms with E-state index in [2.05, 4.69) is 16.0 Å². The maximum atomic E-state index is 11.7. The van der Waals surface area contributed by atoms with Crippen LogP contribution in [0.5, 0.6) is 0 Å². The van der Waals surface area contributed by atoms with Crippen LogP contribution in [0.2, 0.25) is 0 Å². The molecule has 0 aromatic heterocycles. The summed E-state index contributed by atoms with van der Waals surface area (Å²) in [4.78, 5) is 23.2. The van der Waals surface area contributed by atoms with Gasteiger partial charge in [-0.2, -0.15) is 0 Å². The van der Waals surface area contributed by atoms with Crippen molar-refractivity contribution < 1.29 is 14.3 Å². The lowest BCUT2D eigenvalue weighted by Crippen LogP contribution is -2.37. The van der Waals surface area contributed by atoms with E-state index in [0.29, 0.717) is 5.69 Å². The van der Waals surface area contributed by atoms with Gasteiger partial charge in [0.15, 0.2) is 0 Å². The molecule has 0 saturated carbocycles. The number of amides is 2. The van der Waals surface area contributed by atoms with Crippen molar-refractivity contribution >= 4 is 23.4 Å². The van der Waals surface area contributed by atoms with Gasteiger partial charge in [0.25, 0.3) is 0 Å². The van der Waals surface area contributed by atoms with Crippen LogP contribution in [0.1, 0.15) is 20.8 Å². The fourth-order valence-electron chi connectivity index (χ4n) is 1.47. The second kappa shape index (κ2) is 6.79. The van der Waals surface area contributed by atoms with Crippen molar-refractivity contribution in [3.05, 3.63) is 24.3 Å². The second-order valence-corrected chi connectivity index (χ2v) is 5.20. The molecule has 0 heterocycles. The van der Waals surface area contributed by atoms with Crippen molar-refractivity contribution in [1.82, 2.24) is 5.32 Å². The van der Waals surface area contributed by atoms with E-state index in [-0.39, 0.29) is 12.5 Å². The van der Waals surface area contributed by atoms with Crippen LogP contribution in [0.4, 0.5) is 16.2 Å². The van der Waals surface area contributed by atoms with Crippen molar-refractivity contribution in [2.75, 3.05) is 24.2 Å². The lowest BCUT2D eigenvalue weighted by molar-refractivity contribution is -0.115. The third-order valence-electron chi connectivity index (χ3n) is 2.26. The number of anilines is 2. The number of nitrogens with one attached hydrogen (secondary N) is 3. The van der Waals surface area contributed by atoms with Gasteiger partial charge in [-0.1, -0.05) is 12.1 Å². The summed E-state index contributed by atoms with van der Waals surface area (Å²) < 4.78 is 5.04. The Balaban J connectivity index is 2.46. The molecule has 0 aliphatic heterocycles. The lowest BCUT2D eigenvalue weighted by atomic mass is 10.2. The second-order valence-electron chi connectivity index (χ2n) is 5.20. The van der Waals surface area contributed by atoms with Gasteiger partial charge in [-0.05, 0) is 32.9 Å². The Morgan fingerprint density at radius 2 is 1.75 bits per heavy atom. The van der Waals surface area contributed by atoms with Gasteiger partial charge in [-0.25, -0.2) is 4.79 Å². The van der Waals surface area contributed by atoms with Gasteiger partial charge in [-0.15, -0.1) is 0 Å². The first-order valence-corrected chi connectivity index (χ1v) is 6.35. The quantitative estimate of drug-likeness (QED) is 0.789. The highest BCUT2D eigenvalue weighted by Gasteiger charge is 2.16. The zero-order valence-corrected chi connectivity index (χ0v) is 12.2. The van der Waals surface area contributed by atoms with Crippen LogP contribution in [0, 0.1) is 0 Å². The number of hydrogen-bond acceptors (Lipinski definition) is 4. The van der Waals surface area contributed by atoms with E-state index in [1.54, 1.807) is 33.9 Å². The first kappa shape index (κ1) is 15.8. The maximum Gasteiger partial charge on any atom is 0.408 e. The van der Waals surface area contributed by atoms with Crippen LogP contribution in [0.3, 0.4) is 0 Å². The molecule has 0 atom stereocenters. The molecule has 0 spiro atoms. The zero-order chi connectivity index (χ0) is 15.2. The summed E-state index contributed by atoms with van der Waals surface area (Å²) in [5.41, 5.74) is 0.878. The Bertz CT molecular complexity index is 481. The van der Waals surface area contributed by atoms with Crippen LogP contribution >= 0.6 is 0 Å². The number of carbonyl (C=O) groups is 2. The number of hydrogen-bond donors (Lipinski definition) is 3. The predicted molar refractivity (Wildman–Crippen MR) is 78.9 cm³/mol. The van der Waals surface area contributed by atoms with E-state index < -0.39 is 11.7 Å². The topological polar surface area (TPSA) is 79.5 Å². The molecule has 2 amide bonds. The van der Waals surface area contributed by atoms with E-state index >= 15 is 0 Å². The normalized spacial score (nSPS) is 10.6. The van der Waals surface area contributed by atoms with Gasteiger partial charge in [-0.3, -0.25) is 4.79 Å². The van der Waals surface area contributed by atoms with E-state index in [4.69, 9.17) is 4.74 Å². The summed E-state index contributed by atoms with van der Waals surface area (Å²) in [6.07, 6.45) is -0.616. The predicted octanol–water partition coefficient (Wildman–Crippen LogP) is 2.19. The molecule has 20 heavy (non-hydrogen) atoms. The summed E-state index contributed by atoms with van der Waals surface area (Å²) in [7, 11) is 1.77. The molecule has 0 fully saturated rings. The third kappa shape index (κ3) is 5.60. The SMILES string of the molecule is CNc1ccccc1NC(=O)CNC(=O)OC(C)(C)C.